The third-order valence-corrected chi connectivity index (χ3v) is 5.14. The molecule has 1 N–H and O–H groups in total. The monoisotopic (exact) mass is 299 g/mol. The van der Waals surface area contributed by atoms with E-state index in [9.17, 15) is 9.59 Å². The van der Waals surface area contributed by atoms with Crippen molar-refractivity contribution in [2.75, 3.05) is 45.2 Å². The third-order valence-electron chi connectivity index (χ3n) is 4.09. The van der Waals surface area contributed by atoms with Crippen LogP contribution in [0.2, 0.25) is 0 Å². The van der Waals surface area contributed by atoms with Crippen molar-refractivity contribution >= 4 is 23.6 Å². The zero-order valence-electron chi connectivity index (χ0n) is 12.4. The molecule has 0 radical (unpaired) electrons. The fraction of sp³-hybridized carbons (Fsp3) is 0.857. The van der Waals surface area contributed by atoms with Gasteiger partial charge in [-0.3, -0.25) is 9.59 Å². The zero-order valence-corrected chi connectivity index (χ0v) is 13.2. The highest BCUT2D eigenvalue weighted by Crippen LogP contribution is 2.26. The van der Waals surface area contributed by atoms with Crippen molar-refractivity contribution in [2.45, 2.75) is 25.3 Å². The summed E-state index contributed by atoms with van der Waals surface area (Å²) in [6.07, 6.45) is 2.88. The van der Waals surface area contributed by atoms with Crippen LogP contribution in [0, 0.1) is 5.92 Å². The molecule has 2 heterocycles. The molecule has 0 aromatic carbocycles. The number of rotatable bonds is 3. The zero-order chi connectivity index (χ0) is 14.5. The highest BCUT2D eigenvalue weighted by atomic mass is 32.2. The second kappa shape index (κ2) is 7.31. The second-order valence-corrected chi connectivity index (χ2v) is 7.02. The van der Waals surface area contributed by atoms with Crippen LogP contribution < -0.4 is 5.32 Å². The Morgan fingerprint density at radius 3 is 2.65 bits per heavy atom. The number of likely N-dealkylation sites (N-methyl/N-ethyl adjacent to an activating group) is 1. The summed E-state index contributed by atoms with van der Waals surface area (Å²) in [4.78, 5) is 28.1. The van der Waals surface area contributed by atoms with Crippen LogP contribution in [0.25, 0.3) is 0 Å². The largest absolute Gasteiger partial charge is 0.347 e. The van der Waals surface area contributed by atoms with Gasteiger partial charge in [-0.1, -0.05) is 0 Å². The molecular formula is C14H25N3O2S. The Hall–Kier alpha value is -0.750. The SMILES string of the molecule is CN(C)C(=O)C1CNCCN1C(=O)CC1CCSCC1. The van der Waals surface area contributed by atoms with E-state index in [4.69, 9.17) is 0 Å². The number of amides is 2. The summed E-state index contributed by atoms with van der Waals surface area (Å²) in [6, 6.07) is -0.329. The van der Waals surface area contributed by atoms with Gasteiger partial charge in [0.1, 0.15) is 6.04 Å². The van der Waals surface area contributed by atoms with E-state index in [1.807, 2.05) is 11.8 Å². The summed E-state index contributed by atoms with van der Waals surface area (Å²) in [5, 5.41) is 3.21. The van der Waals surface area contributed by atoms with E-state index in [2.05, 4.69) is 5.32 Å². The molecule has 2 amide bonds. The molecule has 2 fully saturated rings. The Balaban J connectivity index is 1.95. The molecule has 0 bridgehead atoms. The van der Waals surface area contributed by atoms with Gasteiger partial charge in [0.05, 0.1) is 0 Å². The molecule has 114 valence electrons. The van der Waals surface area contributed by atoms with Crippen LogP contribution >= 0.6 is 11.8 Å². The molecule has 2 aliphatic rings. The minimum atomic E-state index is -0.329. The smallest absolute Gasteiger partial charge is 0.246 e. The standard InChI is InChI=1S/C14H25N3O2S/c1-16(2)14(19)12-10-15-5-6-17(12)13(18)9-11-3-7-20-8-4-11/h11-12,15H,3-10H2,1-2H3. The van der Waals surface area contributed by atoms with E-state index >= 15 is 0 Å². The maximum Gasteiger partial charge on any atom is 0.246 e. The molecule has 0 aromatic rings. The predicted molar refractivity (Wildman–Crippen MR) is 81.7 cm³/mol. The quantitative estimate of drug-likeness (QED) is 0.820. The summed E-state index contributed by atoms with van der Waals surface area (Å²) in [5.74, 6) is 3.01. The number of piperazine rings is 1. The normalized spacial score (nSPS) is 24.5. The van der Waals surface area contributed by atoms with Gasteiger partial charge >= 0.3 is 0 Å². The van der Waals surface area contributed by atoms with Gasteiger partial charge in [-0.15, -0.1) is 0 Å². The van der Waals surface area contributed by atoms with Gasteiger partial charge in [-0.25, -0.2) is 0 Å². The molecule has 0 aromatic heterocycles. The van der Waals surface area contributed by atoms with Gasteiger partial charge in [0.15, 0.2) is 0 Å². The van der Waals surface area contributed by atoms with Crippen molar-refractivity contribution in [3.8, 4) is 0 Å². The van der Waals surface area contributed by atoms with Crippen LogP contribution in [0.15, 0.2) is 0 Å². The number of carbonyl (C=O) groups is 2. The van der Waals surface area contributed by atoms with Crippen molar-refractivity contribution in [3.05, 3.63) is 0 Å². The summed E-state index contributed by atoms with van der Waals surface area (Å²) in [7, 11) is 3.50. The van der Waals surface area contributed by atoms with Crippen molar-refractivity contribution in [2.24, 2.45) is 5.92 Å². The maximum absolute atomic E-state index is 12.5. The lowest BCUT2D eigenvalue weighted by atomic mass is 9.97. The molecule has 0 aliphatic carbocycles. The van der Waals surface area contributed by atoms with E-state index < -0.39 is 0 Å². The molecule has 2 saturated heterocycles. The number of nitrogens with one attached hydrogen (secondary N) is 1. The minimum absolute atomic E-state index is 0.0183. The summed E-state index contributed by atoms with van der Waals surface area (Å²) < 4.78 is 0. The molecule has 20 heavy (non-hydrogen) atoms. The second-order valence-electron chi connectivity index (χ2n) is 5.80. The maximum atomic E-state index is 12.5. The number of nitrogens with zero attached hydrogens (tertiary/aromatic N) is 2. The molecule has 6 heteroatoms. The average molecular weight is 299 g/mol. The van der Waals surface area contributed by atoms with Gasteiger partial charge < -0.3 is 15.1 Å². The van der Waals surface area contributed by atoms with E-state index in [0.29, 0.717) is 25.4 Å². The Kier molecular flexibility index (Phi) is 5.72. The van der Waals surface area contributed by atoms with Crippen molar-refractivity contribution in [1.29, 1.82) is 0 Å². The Labute approximate surface area is 125 Å². The Morgan fingerprint density at radius 1 is 1.30 bits per heavy atom. The van der Waals surface area contributed by atoms with Crippen LogP contribution in [0.4, 0.5) is 0 Å². The van der Waals surface area contributed by atoms with Gasteiger partial charge in [0.25, 0.3) is 0 Å². The first-order valence-corrected chi connectivity index (χ1v) is 8.54. The Bertz CT molecular complexity index is 356. The average Bonchev–Trinajstić information content (AvgIpc) is 2.47. The highest BCUT2D eigenvalue weighted by Gasteiger charge is 2.33. The van der Waals surface area contributed by atoms with Crippen LogP contribution in [-0.4, -0.2) is 72.9 Å². The summed E-state index contributed by atoms with van der Waals surface area (Å²) in [5.41, 5.74) is 0. The van der Waals surface area contributed by atoms with Crippen LogP contribution in [0.3, 0.4) is 0 Å². The fourth-order valence-corrected chi connectivity index (χ4v) is 4.04. The van der Waals surface area contributed by atoms with Crippen molar-refractivity contribution in [3.63, 3.8) is 0 Å². The number of carbonyl (C=O) groups excluding carboxylic acids is 2. The molecule has 2 rings (SSSR count). The van der Waals surface area contributed by atoms with E-state index in [1.165, 1.54) is 11.5 Å². The number of hydrogen-bond donors (Lipinski definition) is 1. The summed E-state index contributed by atoms with van der Waals surface area (Å²) in [6.45, 7) is 2.00. The molecule has 1 atom stereocenters. The lowest BCUT2D eigenvalue weighted by molar-refractivity contribution is -0.146. The molecular weight excluding hydrogens is 274 g/mol. The van der Waals surface area contributed by atoms with E-state index in [-0.39, 0.29) is 17.9 Å². The minimum Gasteiger partial charge on any atom is -0.347 e. The predicted octanol–water partition coefficient (Wildman–Crippen LogP) is 0.408. The fourth-order valence-electron chi connectivity index (χ4n) is 2.84. The molecule has 1 unspecified atom stereocenters. The number of hydrogen-bond acceptors (Lipinski definition) is 4. The number of thioether (sulfide) groups is 1. The first-order chi connectivity index (χ1) is 9.59. The van der Waals surface area contributed by atoms with Crippen molar-refractivity contribution in [1.82, 2.24) is 15.1 Å². The Morgan fingerprint density at radius 2 is 2.00 bits per heavy atom. The van der Waals surface area contributed by atoms with E-state index in [1.54, 1.807) is 23.9 Å². The van der Waals surface area contributed by atoms with Gasteiger partial charge in [-0.05, 0) is 30.3 Å². The molecule has 0 spiro atoms. The van der Waals surface area contributed by atoms with Crippen LogP contribution in [0.1, 0.15) is 19.3 Å². The van der Waals surface area contributed by atoms with Gasteiger partial charge in [-0.2, -0.15) is 11.8 Å². The van der Waals surface area contributed by atoms with Crippen molar-refractivity contribution < 1.29 is 9.59 Å². The lowest BCUT2D eigenvalue weighted by Gasteiger charge is -2.37. The van der Waals surface area contributed by atoms with Crippen LogP contribution in [-0.2, 0) is 9.59 Å². The lowest BCUT2D eigenvalue weighted by Crippen LogP contribution is -2.59. The third kappa shape index (κ3) is 3.88. The van der Waals surface area contributed by atoms with Gasteiger partial charge in [0, 0.05) is 40.2 Å². The topological polar surface area (TPSA) is 52.7 Å². The summed E-state index contributed by atoms with van der Waals surface area (Å²) >= 11 is 1.97. The van der Waals surface area contributed by atoms with E-state index in [0.717, 1.165) is 19.4 Å². The first kappa shape index (κ1) is 15.6. The molecule has 2 aliphatic heterocycles. The highest BCUT2D eigenvalue weighted by molar-refractivity contribution is 7.99. The molecule has 5 nitrogen and oxygen atoms in total. The van der Waals surface area contributed by atoms with Gasteiger partial charge in [0.2, 0.25) is 11.8 Å². The first-order valence-electron chi connectivity index (χ1n) is 7.38. The van der Waals surface area contributed by atoms with Crippen LogP contribution in [0.5, 0.6) is 0 Å². The molecule has 0 saturated carbocycles.